The molecule has 2 saturated carbocycles. The lowest BCUT2D eigenvalue weighted by Gasteiger charge is -2.45. The number of methoxy groups -OCH3 is 1. The standard InChI is InChI=1S/C22H26N2O3S2/c1-22(2)17-12-4-5-13(10-12)18(17)28-20-19(22)29-21(26)24(20)11-16(25)23-14-6-8-15(27-3)9-7-14/h6-9,12-13,17-18H,4-5,10-11H2,1-3H3,(H,23,25)/t12-,13-,17-,18+/m0/s1. The second-order valence-electron chi connectivity index (χ2n) is 9.03. The minimum Gasteiger partial charge on any atom is -0.497 e. The Morgan fingerprint density at radius 3 is 2.69 bits per heavy atom. The summed E-state index contributed by atoms with van der Waals surface area (Å²) in [5, 5.41) is 4.52. The fourth-order valence-electron chi connectivity index (χ4n) is 5.76. The molecule has 5 nitrogen and oxygen atoms in total. The second-order valence-corrected chi connectivity index (χ2v) is 11.2. The molecule has 1 aliphatic heterocycles. The fourth-order valence-corrected chi connectivity index (χ4v) is 9.17. The normalized spacial score (nSPS) is 28.7. The number of thiazole rings is 1. The summed E-state index contributed by atoms with van der Waals surface area (Å²) in [5.41, 5.74) is 0.709. The van der Waals surface area contributed by atoms with Crippen molar-refractivity contribution in [1.29, 1.82) is 0 Å². The maximum absolute atomic E-state index is 12.8. The van der Waals surface area contributed by atoms with Crippen LogP contribution in [0.2, 0.25) is 0 Å². The average Bonchev–Trinajstić information content (AvgIpc) is 3.38. The summed E-state index contributed by atoms with van der Waals surface area (Å²) in [6.45, 7) is 4.68. The van der Waals surface area contributed by atoms with Crippen LogP contribution in [0, 0.1) is 17.8 Å². The number of anilines is 1. The molecule has 7 heteroatoms. The van der Waals surface area contributed by atoms with Crippen LogP contribution < -0.4 is 14.9 Å². The highest BCUT2D eigenvalue weighted by Gasteiger charge is 2.57. The van der Waals surface area contributed by atoms with Crippen LogP contribution in [0.5, 0.6) is 5.75 Å². The molecule has 2 heterocycles. The van der Waals surface area contributed by atoms with Gasteiger partial charge in [0, 0.05) is 21.2 Å². The molecule has 2 aromatic rings. The number of fused-ring (bicyclic) bond motifs is 6. The minimum absolute atomic E-state index is 0.00657. The molecule has 5 rings (SSSR count). The van der Waals surface area contributed by atoms with Crippen LogP contribution in [-0.2, 0) is 16.8 Å². The molecule has 0 saturated heterocycles. The van der Waals surface area contributed by atoms with Crippen molar-refractivity contribution in [2.45, 2.75) is 55.3 Å². The molecule has 2 bridgehead atoms. The number of benzene rings is 1. The van der Waals surface area contributed by atoms with Gasteiger partial charge in [-0.2, -0.15) is 0 Å². The molecule has 29 heavy (non-hydrogen) atoms. The summed E-state index contributed by atoms with van der Waals surface area (Å²) in [6.07, 6.45) is 3.99. The van der Waals surface area contributed by atoms with Crippen molar-refractivity contribution in [3.05, 3.63) is 38.8 Å². The topological polar surface area (TPSA) is 60.3 Å². The average molecular weight is 431 g/mol. The van der Waals surface area contributed by atoms with Gasteiger partial charge in [0.2, 0.25) is 5.91 Å². The summed E-state index contributed by atoms with van der Waals surface area (Å²) in [7, 11) is 1.61. The first-order valence-electron chi connectivity index (χ1n) is 10.2. The third-order valence-corrected chi connectivity index (χ3v) is 10.1. The quantitative estimate of drug-likeness (QED) is 0.783. The van der Waals surface area contributed by atoms with Crippen molar-refractivity contribution < 1.29 is 9.53 Å². The van der Waals surface area contributed by atoms with Crippen molar-refractivity contribution in [2.75, 3.05) is 12.4 Å². The van der Waals surface area contributed by atoms with E-state index in [4.69, 9.17) is 4.74 Å². The van der Waals surface area contributed by atoms with Gasteiger partial charge in [-0.3, -0.25) is 14.2 Å². The number of nitrogens with one attached hydrogen (secondary N) is 1. The van der Waals surface area contributed by atoms with E-state index in [1.807, 2.05) is 23.9 Å². The summed E-state index contributed by atoms with van der Waals surface area (Å²) >= 11 is 3.21. The number of carbonyl (C=O) groups excluding carboxylic acids is 1. The van der Waals surface area contributed by atoms with E-state index < -0.39 is 0 Å². The van der Waals surface area contributed by atoms with Crippen LogP contribution in [0.3, 0.4) is 0 Å². The van der Waals surface area contributed by atoms with Gasteiger partial charge in [0.15, 0.2) is 0 Å². The van der Waals surface area contributed by atoms with Crippen LogP contribution in [0.4, 0.5) is 5.69 Å². The van der Waals surface area contributed by atoms with Gasteiger partial charge >= 0.3 is 4.87 Å². The van der Waals surface area contributed by atoms with Crippen LogP contribution in [-0.4, -0.2) is 22.8 Å². The Morgan fingerprint density at radius 1 is 1.24 bits per heavy atom. The molecule has 1 aromatic carbocycles. The fraction of sp³-hybridized carbons (Fsp3) is 0.545. The highest BCUT2D eigenvalue weighted by atomic mass is 32.2. The number of carbonyl (C=O) groups is 1. The van der Waals surface area contributed by atoms with Crippen molar-refractivity contribution >= 4 is 34.7 Å². The van der Waals surface area contributed by atoms with Gasteiger partial charge in [0.1, 0.15) is 12.3 Å². The first-order chi connectivity index (χ1) is 13.9. The smallest absolute Gasteiger partial charge is 0.308 e. The number of hydrogen-bond donors (Lipinski definition) is 1. The summed E-state index contributed by atoms with van der Waals surface area (Å²) < 4.78 is 6.85. The third kappa shape index (κ3) is 3.05. The molecular formula is C22H26N2O3S2. The molecule has 2 fully saturated rings. The van der Waals surface area contributed by atoms with Gasteiger partial charge in [-0.15, -0.1) is 11.8 Å². The van der Waals surface area contributed by atoms with Gasteiger partial charge in [0.05, 0.1) is 12.1 Å². The first-order valence-corrected chi connectivity index (χ1v) is 11.9. The summed E-state index contributed by atoms with van der Waals surface area (Å²) in [4.78, 5) is 26.7. The number of aromatic nitrogens is 1. The Balaban J connectivity index is 1.40. The lowest BCUT2D eigenvalue weighted by Crippen LogP contribution is -2.43. The Kier molecular flexibility index (Phi) is 4.59. The number of amides is 1. The molecule has 1 aromatic heterocycles. The van der Waals surface area contributed by atoms with Crippen molar-refractivity contribution in [2.24, 2.45) is 17.8 Å². The number of nitrogens with zero attached hydrogens (tertiary/aromatic N) is 1. The molecule has 1 N–H and O–H groups in total. The van der Waals surface area contributed by atoms with E-state index in [0.29, 0.717) is 16.9 Å². The Bertz CT molecular complexity index is 1010. The maximum Gasteiger partial charge on any atom is 0.308 e. The van der Waals surface area contributed by atoms with Gasteiger partial charge < -0.3 is 10.1 Å². The summed E-state index contributed by atoms with van der Waals surface area (Å²) in [6, 6.07) is 7.23. The predicted octanol–water partition coefficient (Wildman–Crippen LogP) is 4.36. The molecular weight excluding hydrogens is 404 g/mol. The maximum atomic E-state index is 12.8. The number of ether oxygens (including phenoxy) is 1. The van der Waals surface area contributed by atoms with E-state index in [1.165, 1.54) is 35.5 Å². The van der Waals surface area contributed by atoms with E-state index in [1.54, 1.807) is 23.8 Å². The second kappa shape index (κ2) is 6.91. The highest BCUT2D eigenvalue weighted by Crippen LogP contribution is 2.64. The highest BCUT2D eigenvalue weighted by molar-refractivity contribution is 8.00. The largest absolute Gasteiger partial charge is 0.497 e. The van der Waals surface area contributed by atoms with Crippen LogP contribution in [0.1, 0.15) is 38.0 Å². The minimum atomic E-state index is -0.175. The Labute approximate surface area is 178 Å². The lowest BCUT2D eigenvalue weighted by molar-refractivity contribution is -0.116. The van der Waals surface area contributed by atoms with Crippen LogP contribution in [0.25, 0.3) is 0 Å². The van der Waals surface area contributed by atoms with E-state index >= 15 is 0 Å². The Hall–Kier alpha value is -1.73. The zero-order valence-corrected chi connectivity index (χ0v) is 18.6. The molecule has 0 spiro atoms. The lowest BCUT2D eigenvalue weighted by atomic mass is 9.69. The van der Waals surface area contributed by atoms with Crippen molar-refractivity contribution in [1.82, 2.24) is 4.57 Å². The van der Waals surface area contributed by atoms with Gasteiger partial charge in [-0.05, 0) is 61.3 Å². The van der Waals surface area contributed by atoms with Crippen LogP contribution in [0.15, 0.2) is 34.1 Å². The number of rotatable bonds is 4. The van der Waals surface area contributed by atoms with Gasteiger partial charge in [-0.25, -0.2) is 0 Å². The van der Waals surface area contributed by atoms with Gasteiger partial charge in [-0.1, -0.05) is 25.2 Å². The number of hydrogen-bond acceptors (Lipinski definition) is 5. The zero-order chi connectivity index (χ0) is 20.3. The summed E-state index contributed by atoms with van der Waals surface area (Å²) in [5.74, 6) is 2.78. The monoisotopic (exact) mass is 430 g/mol. The first kappa shape index (κ1) is 19.2. The molecule has 4 atom stereocenters. The molecule has 0 radical (unpaired) electrons. The van der Waals surface area contributed by atoms with Gasteiger partial charge in [0.25, 0.3) is 0 Å². The molecule has 2 aliphatic carbocycles. The van der Waals surface area contributed by atoms with E-state index in [9.17, 15) is 9.59 Å². The SMILES string of the molecule is COc1ccc(NC(=O)Cn2c3c(sc2=O)C(C)(C)[C@H]2[C@H]4CC[C@@H](C4)[C@H]2S3)cc1. The number of thioether (sulfide) groups is 1. The molecule has 3 aliphatic rings. The zero-order valence-electron chi connectivity index (χ0n) is 16.9. The molecule has 154 valence electrons. The third-order valence-electron chi connectivity index (χ3n) is 7.03. The van der Waals surface area contributed by atoms with E-state index in [2.05, 4.69) is 19.2 Å². The van der Waals surface area contributed by atoms with Crippen molar-refractivity contribution in [3.8, 4) is 5.75 Å². The molecule has 1 amide bonds. The molecule has 0 unspecified atom stereocenters. The van der Waals surface area contributed by atoms with E-state index in [-0.39, 0.29) is 22.7 Å². The predicted molar refractivity (Wildman–Crippen MR) is 117 cm³/mol. The van der Waals surface area contributed by atoms with E-state index in [0.717, 1.165) is 22.6 Å². The Morgan fingerprint density at radius 2 is 1.97 bits per heavy atom. The van der Waals surface area contributed by atoms with Crippen molar-refractivity contribution in [3.63, 3.8) is 0 Å². The van der Waals surface area contributed by atoms with Crippen LogP contribution >= 0.6 is 23.1 Å².